The minimum Gasteiger partial charge on any atom is -0.460 e. The predicted octanol–water partition coefficient (Wildman–Crippen LogP) is 4.84. The molecule has 3 amide bonds. The molecule has 0 saturated carbocycles. The third-order valence-electron chi connectivity index (χ3n) is 8.03. The summed E-state index contributed by atoms with van der Waals surface area (Å²) in [5.74, 6) is -1.98. The molecule has 6 atom stereocenters. The van der Waals surface area contributed by atoms with Gasteiger partial charge in [0.2, 0.25) is 17.7 Å². The summed E-state index contributed by atoms with van der Waals surface area (Å²) in [6, 6.07) is 7.18. The van der Waals surface area contributed by atoms with Gasteiger partial charge in [-0.05, 0) is 43.6 Å². The Hall–Kier alpha value is -2.90. The molecule has 1 aliphatic heterocycles. The molecule has 6 unspecified atom stereocenters. The molecular weight excluding hydrogens is 506 g/mol. The van der Waals surface area contributed by atoms with Crippen molar-refractivity contribution in [2.24, 2.45) is 11.8 Å². The summed E-state index contributed by atoms with van der Waals surface area (Å²) >= 11 is 0. The second-order valence-corrected chi connectivity index (χ2v) is 11.5. The first-order valence-corrected chi connectivity index (χ1v) is 15.3. The van der Waals surface area contributed by atoms with Crippen LogP contribution in [0, 0.1) is 11.8 Å². The zero-order chi connectivity index (χ0) is 29.5. The van der Waals surface area contributed by atoms with Gasteiger partial charge in [0, 0.05) is 0 Å². The summed E-state index contributed by atoms with van der Waals surface area (Å²) in [5.41, 5.74) is 1.05. The molecule has 1 saturated heterocycles. The number of hydrogen-bond acceptors (Lipinski definition) is 5. The second-order valence-electron chi connectivity index (χ2n) is 11.5. The Morgan fingerprint density at radius 1 is 0.850 bits per heavy atom. The molecule has 3 N–H and O–H groups in total. The third kappa shape index (κ3) is 11.3. The standard InChI is InChI=1S/C32H51N3O5/c1-6-8-9-10-11-13-16-23(4)27-21-28(36)34-26(20-19-25-17-14-12-15-18-25)31(38)33-24(5)30(37)35-29(22(3)7-2)32(39)40-27/h12,14-15,17-18,22-24,26-27,29H,6-11,13,16,19-21H2,1-5H3,(H,33,38)(H,34,36)(H,35,37). The van der Waals surface area contributed by atoms with Gasteiger partial charge in [-0.1, -0.05) is 103 Å². The SMILES string of the molecule is CCCCCCCCC(C)C1CC(=O)NC(CCc2ccccc2)C(=O)NC(C)C(=O)NC(C(C)CC)C(=O)O1. The lowest BCUT2D eigenvalue weighted by molar-refractivity contribution is -0.158. The Balaban J connectivity index is 2.24. The molecule has 0 bridgehead atoms. The number of unbranched alkanes of at least 4 members (excludes halogenated alkanes) is 5. The Kier molecular flexibility index (Phi) is 14.8. The number of carbonyl (C=O) groups is 4. The highest BCUT2D eigenvalue weighted by atomic mass is 16.5. The van der Waals surface area contributed by atoms with Gasteiger partial charge < -0.3 is 20.7 Å². The van der Waals surface area contributed by atoms with E-state index in [-0.39, 0.29) is 24.2 Å². The summed E-state index contributed by atoms with van der Waals surface area (Å²) in [4.78, 5) is 52.9. The van der Waals surface area contributed by atoms with Crippen LogP contribution in [0.3, 0.4) is 0 Å². The zero-order valence-electron chi connectivity index (χ0n) is 25.2. The fourth-order valence-electron chi connectivity index (χ4n) is 5.00. The Bertz CT molecular complexity index is 938. The van der Waals surface area contributed by atoms with Crippen LogP contribution < -0.4 is 16.0 Å². The number of carbonyl (C=O) groups excluding carboxylic acids is 4. The van der Waals surface area contributed by atoms with Crippen molar-refractivity contribution in [3.05, 3.63) is 35.9 Å². The molecule has 0 aromatic heterocycles. The van der Waals surface area contributed by atoms with Crippen LogP contribution in [-0.2, 0) is 30.3 Å². The van der Waals surface area contributed by atoms with E-state index in [4.69, 9.17) is 4.74 Å². The summed E-state index contributed by atoms with van der Waals surface area (Å²) in [5, 5.41) is 8.41. The number of aryl methyl sites for hydroxylation is 1. The number of benzene rings is 1. The van der Waals surface area contributed by atoms with Crippen LogP contribution in [0.1, 0.15) is 104 Å². The number of rotatable bonds is 13. The highest BCUT2D eigenvalue weighted by Gasteiger charge is 2.35. The Labute approximate surface area is 240 Å². The summed E-state index contributed by atoms with van der Waals surface area (Å²) in [7, 11) is 0. The molecule has 8 heteroatoms. The van der Waals surface area contributed by atoms with Crippen molar-refractivity contribution in [2.75, 3.05) is 0 Å². The van der Waals surface area contributed by atoms with E-state index in [2.05, 4.69) is 22.9 Å². The van der Waals surface area contributed by atoms with Crippen molar-refractivity contribution < 1.29 is 23.9 Å². The first-order chi connectivity index (χ1) is 19.2. The van der Waals surface area contributed by atoms with Gasteiger partial charge in [-0.2, -0.15) is 0 Å². The molecule has 0 spiro atoms. The van der Waals surface area contributed by atoms with E-state index in [1.807, 2.05) is 51.1 Å². The second kappa shape index (κ2) is 17.7. The fourth-order valence-corrected chi connectivity index (χ4v) is 5.00. The van der Waals surface area contributed by atoms with Crippen molar-refractivity contribution in [3.8, 4) is 0 Å². The molecule has 224 valence electrons. The lowest BCUT2D eigenvalue weighted by atomic mass is 9.93. The van der Waals surface area contributed by atoms with Gasteiger partial charge in [0.25, 0.3) is 0 Å². The molecule has 1 aromatic carbocycles. The third-order valence-corrected chi connectivity index (χ3v) is 8.03. The quantitative estimate of drug-likeness (QED) is 0.237. The van der Waals surface area contributed by atoms with Crippen LogP contribution in [0.2, 0.25) is 0 Å². The maximum atomic E-state index is 13.4. The van der Waals surface area contributed by atoms with Gasteiger partial charge in [-0.15, -0.1) is 0 Å². The van der Waals surface area contributed by atoms with Crippen molar-refractivity contribution in [1.29, 1.82) is 0 Å². The Morgan fingerprint density at radius 3 is 2.20 bits per heavy atom. The van der Waals surface area contributed by atoms with Crippen LogP contribution in [0.4, 0.5) is 0 Å². The average molecular weight is 558 g/mol. The van der Waals surface area contributed by atoms with Crippen molar-refractivity contribution in [3.63, 3.8) is 0 Å². The molecule has 1 aromatic rings. The van der Waals surface area contributed by atoms with Crippen molar-refractivity contribution >= 4 is 23.7 Å². The van der Waals surface area contributed by atoms with E-state index in [1.54, 1.807) is 6.92 Å². The van der Waals surface area contributed by atoms with Gasteiger partial charge in [-0.25, -0.2) is 4.79 Å². The van der Waals surface area contributed by atoms with E-state index < -0.39 is 42.0 Å². The van der Waals surface area contributed by atoms with Gasteiger partial charge in [0.15, 0.2) is 0 Å². The van der Waals surface area contributed by atoms with Crippen LogP contribution in [0.25, 0.3) is 0 Å². The lowest BCUT2D eigenvalue weighted by Gasteiger charge is -2.29. The molecule has 0 aliphatic carbocycles. The monoisotopic (exact) mass is 557 g/mol. The van der Waals surface area contributed by atoms with Gasteiger partial charge >= 0.3 is 5.97 Å². The van der Waals surface area contributed by atoms with E-state index in [0.717, 1.165) is 24.8 Å². The van der Waals surface area contributed by atoms with Crippen LogP contribution >= 0.6 is 0 Å². The largest absolute Gasteiger partial charge is 0.460 e. The first kappa shape index (κ1) is 33.3. The molecule has 8 nitrogen and oxygen atoms in total. The number of ether oxygens (including phenoxy) is 1. The molecule has 1 fully saturated rings. The van der Waals surface area contributed by atoms with E-state index >= 15 is 0 Å². The summed E-state index contributed by atoms with van der Waals surface area (Å²) < 4.78 is 5.98. The Morgan fingerprint density at radius 2 is 1.52 bits per heavy atom. The summed E-state index contributed by atoms with van der Waals surface area (Å²) in [6.45, 7) is 9.61. The highest BCUT2D eigenvalue weighted by molar-refractivity contribution is 5.93. The maximum Gasteiger partial charge on any atom is 0.329 e. The van der Waals surface area contributed by atoms with E-state index in [1.165, 1.54) is 25.7 Å². The number of nitrogens with one attached hydrogen (secondary N) is 3. The molecular formula is C32H51N3O5. The highest BCUT2D eigenvalue weighted by Crippen LogP contribution is 2.22. The lowest BCUT2D eigenvalue weighted by Crippen LogP contribution is -2.55. The molecule has 1 heterocycles. The number of amides is 3. The van der Waals surface area contributed by atoms with Crippen molar-refractivity contribution in [1.82, 2.24) is 16.0 Å². The topological polar surface area (TPSA) is 114 Å². The number of cyclic esters (lactones) is 1. The zero-order valence-corrected chi connectivity index (χ0v) is 25.2. The predicted molar refractivity (Wildman–Crippen MR) is 157 cm³/mol. The maximum absolute atomic E-state index is 13.4. The van der Waals surface area contributed by atoms with Gasteiger partial charge in [-0.3, -0.25) is 14.4 Å². The van der Waals surface area contributed by atoms with E-state index in [9.17, 15) is 19.2 Å². The minimum absolute atomic E-state index is 0.0332. The number of esters is 1. The van der Waals surface area contributed by atoms with Crippen LogP contribution in [0.15, 0.2) is 30.3 Å². The molecule has 0 radical (unpaired) electrons. The van der Waals surface area contributed by atoms with E-state index in [0.29, 0.717) is 19.3 Å². The van der Waals surface area contributed by atoms with Crippen molar-refractivity contribution in [2.45, 2.75) is 129 Å². The number of hydrogen-bond donors (Lipinski definition) is 3. The summed E-state index contributed by atoms with van der Waals surface area (Å²) in [6.07, 6.45) is 8.66. The smallest absolute Gasteiger partial charge is 0.329 e. The van der Waals surface area contributed by atoms with Gasteiger partial charge in [0.05, 0.1) is 6.42 Å². The average Bonchev–Trinajstić information content (AvgIpc) is 2.94. The molecule has 40 heavy (non-hydrogen) atoms. The van der Waals surface area contributed by atoms with Crippen LogP contribution in [0.5, 0.6) is 0 Å². The van der Waals surface area contributed by atoms with Gasteiger partial charge in [0.1, 0.15) is 24.2 Å². The minimum atomic E-state index is -0.883. The normalized spacial score (nSPS) is 24.3. The molecule has 1 aliphatic rings. The first-order valence-electron chi connectivity index (χ1n) is 15.3. The van der Waals surface area contributed by atoms with Crippen LogP contribution in [-0.4, -0.2) is 47.9 Å². The molecule has 2 rings (SSSR count). The fraction of sp³-hybridized carbons (Fsp3) is 0.688.